The molecule has 5 nitrogen and oxygen atoms in total. The van der Waals surface area contributed by atoms with Crippen LogP contribution < -0.4 is 4.74 Å². The summed E-state index contributed by atoms with van der Waals surface area (Å²) in [5.74, 6) is 1.43. The number of hydrogen-bond donors (Lipinski definition) is 3. The Kier molecular flexibility index (Phi) is 4.45. The molecule has 0 fully saturated rings. The Balaban J connectivity index is 1.75. The second-order valence-electron chi connectivity index (χ2n) is 6.95. The van der Waals surface area contributed by atoms with Crippen LogP contribution in [0.15, 0.2) is 72.9 Å². The van der Waals surface area contributed by atoms with Crippen molar-refractivity contribution in [1.82, 2.24) is 15.0 Å². The van der Waals surface area contributed by atoms with Gasteiger partial charge in [-0.25, -0.2) is 4.98 Å². The number of methoxy groups -OCH3 is 1. The molecule has 0 aliphatic heterocycles. The fourth-order valence-corrected chi connectivity index (χ4v) is 3.80. The summed E-state index contributed by atoms with van der Waals surface area (Å²) in [6.07, 6.45) is 1.97. The first-order chi connectivity index (χ1) is 14.6. The molecule has 0 saturated heterocycles. The van der Waals surface area contributed by atoms with E-state index in [0.717, 1.165) is 39.2 Å². The minimum absolute atomic E-state index is 0.111. The Labute approximate surface area is 177 Å². The number of para-hydroxylation sites is 1. The van der Waals surface area contributed by atoms with Gasteiger partial charge in [-0.1, -0.05) is 29.8 Å². The summed E-state index contributed by atoms with van der Waals surface area (Å²) in [6, 6.07) is 20.8. The molecule has 5 aromatic rings. The van der Waals surface area contributed by atoms with Crippen molar-refractivity contribution in [3.05, 3.63) is 77.9 Å². The molecule has 6 heteroatoms. The van der Waals surface area contributed by atoms with E-state index in [-0.39, 0.29) is 5.75 Å². The highest BCUT2D eigenvalue weighted by Crippen LogP contribution is 2.39. The molecule has 0 unspecified atom stereocenters. The molecule has 5 rings (SSSR count). The van der Waals surface area contributed by atoms with Crippen LogP contribution in [0.3, 0.4) is 0 Å². The van der Waals surface area contributed by atoms with Crippen LogP contribution in [0.5, 0.6) is 11.5 Å². The molecule has 0 aliphatic rings. The first-order valence-corrected chi connectivity index (χ1v) is 9.81. The van der Waals surface area contributed by atoms with Gasteiger partial charge in [-0.2, -0.15) is 0 Å². The van der Waals surface area contributed by atoms with E-state index in [9.17, 15) is 5.11 Å². The van der Waals surface area contributed by atoms with Crippen molar-refractivity contribution < 1.29 is 9.84 Å². The summed E-state index contributed by atoms with van der Waals surface area (Å²) in [4.78, 5) is 11.6. The lowest BCUT2D eigenvalue weighted by Gasteiger charge is -2.04. The van der Waals surface area contributed by atoms with Gasteiger partial charge in [-0.15, -0.1) is 0 Å². The summed E-state index contributed by atoms with van der Waals surface area (Å²) >= 11 is 6.17. The summed E-state index contributed by atoms with van der Waals surface area (Å²) in [5, 5.41) is 12.0. The number of rotatable bonds is 4. The Bertz CT molecular complexity index is 1350. The number of aromatic nitrogens is 3. The molecular weight excluding hydrogens is 398 g/mol. The molecule has 0 aliphatic carbocycles. The molecule has 0 saturated carbocycles. The monoisotopic (exact) mass is 415 g/mol. The van der Waals surface area contributed by atoms with Gasteiger partial charge in [0.25, 0.3) is 0 Å². The fourth-order valence-electron chi connectivity index (χ4n) is 3.63. The van der Waals surface area contributed by atoms with Gasteiger partial charge in [0.15, 0.2) is 0 Å². The van der Waals surface area contributed by atoms with Gasteiger partial charge in [-0.3, -0.25) is 0 Å². The number of aromatic amines is 2. The molecule has 2 aromatic heterocycles. The number of fused-ring (bicyclic) bond motifs is 1. The molecule has 30 heavy (non-hydrogen) atoms. The largest absolute Gasteiger partial charge is 0.507 e. The van der Waals surface area contributed by atoms with Crippen molar-refractivity contribution in [3.63, 3.8) is 0 Å². The molecule has 148 valence electrons. The summed E-state index contributed by atoms with van der Waals surface area (Å²) < 4.78 is 5.29. The maximum Gasteiger partial charge on any atom is 0.142 e. The minimum atomic E-state index is 0.111. The predicted molar refractivity (Wildman–Crippen MR) is 120 cm³/mol. The Hall–Kier alpha value is -3.70. The number of H-pyrrole nitrogens is 2. The van der Waals surface area contributed by atoms with Crippen molar-refractivity contribution in [2.75, 3.05) is 7.11 Å². The average Bonchev–Trinajstić information content (AvgIpc) is 3.40. The van der Waals surface area contributed by atoms with Crippen LogP contribution in [0.4, 0.5) is 0 Å². The van der Waals surface area contributed by atoms with Crippen LogP contribution in [0.25, 0.3) is 44.8 Å². The van der Waals surface area contributed by atoms with Gasteiger partial charge < -0.3 is 19.8 Å². The van der Waals surface area contributed by atoms with Crippen LogP contribution in [0.1, 0.15) is 0 Å². The van der Waals surface area contributed by atoms with E-state index in [1.165, 1.54) is 0 Å². The van der Waals surface area contributed by atoms with Gasteiger partial charge in [-0.05, 0) is 48.5 Å². The zero-order chi connectivity index (χ0) is 20.7. The lowest BCUT2D eigenvalue weighted by atomic mass is 10.0. The molecule has 0 spiro atoms. The second-order valence-corrected chi connectivity index (χ2v) is 7.38. The Morgan fingerprint density at radius 2 is 1.77 bits per heavy atom. The third kappa shape index (κ3) is 3.09. The zero-order valence-electron chi connectivity index (χ0n) is 16.1. The summed E-state index contributed by atoms with van der Waals surface area (Å²) in [7, 11) is 1.64. The highest BCUT2D eigenvalue weighted by molar-refractivity contribution is 6.30. The van der Waals surface area contributed by atoms with Crippen LogP contribution in [0.2, 0.25) is 5.02 Å². The van der Waals surface area contributed by atoms with E-state index in [2.05, 4.69) is 16.0 Å². The van der Waals surface area contributed by atoms with Crippen molar-refractivity contribution in [2.24, 2.45) is 0 Å². The van der Waals surface area contributed by atoms with E-state index < -0.39 is 0 Å². The summed E-state index contributed by atoms with van der Waals surface area (Å²) in [6.45, 7) is 0. The van der Waals surface area contributed by atoms with Gasteiger partial charge in [0.05, 0.1) is 24.1 Å². The number of benzene rings is 3. The third-order valence-electron chi connectivity index (χ3n) is 5.14. The lowest BCUT2D eigenvalue weighted by Crippen LogP contribution is -1.85. The highest BCUT2D eigenvalue weighted by atomic mass is 35.5. The maximum absolute atomic E-state index is 10.4. The first-order valence-electron chi connectivity index (χ1n) is 9.44. The Morgan fingerprint density at radius 3 is 2.57 bits per heavy atom. The molecule has 3 N–H and O–H groups in total. The van der Waals surface area contributed by atoms with Crippen LogP contribution in [0, 0.1) is 0 Å². The summed E-state index contributed by atoms with van der Waals surface area (Å²) in [5.41, 5.74) is 5.14. The van der Waals surface area contributed by atoms with Crippen molar-refractivity contribution in [3.8, 4) is 45.4 Å². The smallest absolute Gasteiger partial charge is 0.142 e. The molecule has 0 bridgehead atoms. The van der Waals surface area contributed by atoms with E-state index >= 15 is 0 Å². The average molecular weight is 416 g/mol. The topological polar surface area (TPSA) is 73.9 Å². The number of nitrogens with zero attached hydrogens (tertiary/aromatic N) is 1. The molecule has 0 amide bonds. The van der Waals surface area contributed by atoms with Gasteiger partial charge in [0.2, 0.25) is 0 Å². The van der Waals surface area contributed by atoms with Crippen LogP contribution in [-0.2, 0) is 0 Å². The molecule has 0 atom stereocenters. The molecule has 2 heterocycles. The standard InChI is InChI=1S/C24H18ClN3O2/c1-30-16-9-6-14(7-10-16)22-23(19-13-26-20-5-3-2-4-17(19)20)28-24(27-22)18-12-15(25)8-11-21(18)29/h2-13,26,29H,1H3,(H,27,28). The fraction of sp³-hybridized carbons (Fsp3) is 0.0417. The van der Waals surface area contributed by atoms with E-state index in [4.69, 9.17) is 21.3 Å². The maximum atomic E-state index is 10.4. The van der Waals surface area contributed by atoms with Crippen LogP contribution in [-0.4, -0.2) is 27.2 Å². The second kappa shape index (κ2) is 7.28. The number of phenolic OH excluding ortho intramolecular Hbond substituents is 1. The number of ether oxygens (including phenoxy) is 1. The highest BCUT2D eigenvalue weighted by Gasteiger charge is 2.19. The van der Waals surface area contributed by atoms with Crippen molar-refractivity contribution in [1.29, 1.82) is 0 Å². The van der Waals surface area contributed by atoms with E-state index in [1.54, 1.807) is 25.3 Å². The number of halogens is 1. The normalized spacial score (nSPS) is 11.1. The number of nitrogens with one attached hydrogen (secondary N) is 2. The van der Waals surface area contributed by atoms with E-state index in [1.807, 2.05) is 48.7 Å². The van der Waals surface area contributed by atoms with Crippen LogP contribution >= 0.6 is 11.6 Å². The molecular formula is C24H18ClN3O2. The van der Waals surface area contributed by atoms with Crippen molar-refractivity contribution >= 4 is 22.5 Å². The zero-order valence-corrected chi connectivity index (χ0v) is 16.9. The molecule has 0 radical (unpaired) electrons. The lowest BCUT2D eigenvalue weighted by molar-refractivity contribution is 0.415. The number of phenols is 1. The van der Waals surface area contributed by atoms with E-state index in [0.29, 0.717) is 16.4 Å². The quantitative estimate of drug-likeness (QED) is 0.324. The van der Waals surface area contributed by atoms with Gasteiger partial charge >= 0.3 is 0 Å². The minimum Gasteiger partial charge on any atom is -0.507 e. The van der Waals surface area contributed by atoms with Gasteiger partial charge in [0.1, 0.15) is 17.3 Å². The SMILES string of the molecule is COc1ccc(-c2nc(-c3cc(Cl)ccc3O)[nH]c2-c2c[nH]c3ccccc23)cc1. The third-order valence-corrected chi connectivity index (χ3v) is 5.37. The number of hydrogen-bond acceptors (Lipinski definition) is 3. The Morgan fingerprint density at radius 1 is 0.967 bits per heavy atom. The molecule has 3 aromatic carbocycles. The predicted octanol–water partition coefficient (Wildman–Crippen LogP) is 6.26. The number of imidazole rings is 1. The van der Waals surface area contributed by atoms with Gasteiger partial charge in [0, 0.05) is 33.2 Å². The number of aromatic hydroxyl groups is 1. The van der Waals surface area contributed by atoms with Crippen molar-refractivity contribution in [2.45, 2.75) is 0 Å². The first kappa shape index (κ1) is 18.3.